The van der Waals surface area contributed by atoms with Crippen molar-refractivity contribution in [1.29, 1.82) is 0 Å². The molecular formula is C27H23N5OS. The molecule has 0 spiro atoms. The fourth-order valence-corrected chi connectivity index (χ4v) is 4.70. The summed E-state index contributed by atoms with van der Waals surface area (Å²) in [4.78, 5) is 22.8. The van der Waals surface area contributed by atoms with E-state index in [0.717, 1.165) is 27.5 Å². The first-order valence-corrected chi connectivity index (χ1v) is 11.8. The van der Waals surface area contributed by atoms with E-state index in [1.165, 1.54) is 10.1 Å². The summed E-state index contributed by atoms with van der Waals surface area (Å²) < 4.78 is 3.23. The molecule has 1 aromatic carbocycles. The number of nitrogens with one attached hydrogen (secondary N) is 2. The molecule has 4 heterocycles. The van der Waals surface area contributed by atoms with Crippen LogP contribution in [-0.2, 0) is 4.79 Å². The van der Waals surface area contributed by atoms with E-state index in [4.69, 9.17) is 9.97 Å². The lowest BCUT2D eigenvalue weighted by Crippen LogP contribution is -2.35. The molecule has 0 fully saturated rings. The minimum atomic E-state index is -0.337. The molecule has 0 aliphatic heterocycles. The molecule has 168 valence electrons. The Kier molecular flexibility index (Phi) is 5.84. The third kappa shape index (κ3) is 4.17. The second kappa shape index (κ2) is 9.10. The molecule has 0 radical (unpaired) electrons. The number of carbonyl (C=O) groups excluding carboxylic acids is 1. The van der Waals surface area contributed by atoms with Crippen LogP contribution in [0.3, 0.4) is 0 Å². The van der Waals surface area contributed by atoms with E-state index in [1.807, 2.05) is 60.0 Å². The minimum Gasteiger partial charge on any atom is -0.309 e. The predicted octanol–water partition coefficient (Wildman–Crippen LogP) is 4.87. The number of likely N-dealkylation sites (N-methyl/N-ethyl adjacent to an activating group) is 1. The van der Waals surface area contributed by atoms with Gasteiger partial charge in [-0.3, -0.25) is 9.20 Å². The van der Waals surface area contributed by atoms with Gasteiger partial charge in [0.05, 0.1) is 22.3 Å². The summed E-state index contributed by atoms with van der Waals surface area (Å²) in [5, 5.41) is 6.99. The molecule has 1 unspecified atom stereocenters. The number of nitrogens with zero attached hydrogens (tertiary/aromatic N) is 3. The number of amides is 1. The number of carbonyl (C=O) groups is 1. The van der Waals surface area contributed by atoms with Gasteiger partial charge in [-0.2, -0.15) is 0 Å². The molecule has 4 aromatic heterocycles. The fourth-order valence-electron chi connectivity index (χ4n) is 3.78. The van der Waals surface area contributed by atoms with Crippen LogP contribution >= 0.6 is 11.3 Å². The smallest absolute Gasteiger partial charge is 0.242 e. The molecule has 1 amide bonds. The van der Waals surface area contributed by atoms with Crippen LogP contribution in [0.15, 0.2) is 66.9 Å². The maximum atomic E-state index is 12.4. The number of fused-ring (bicyclic) bond motifs is 2. The number of hydrogen-bond acceptors (Lipinski definition) is 5. The topological polar surface area (TPSA) is 71.3 Å². The van der Waals surface area contributed by atoms with Gasteiger partial charge in [-0.05, 0) is 74.5 Å². The fraction of sp³-hybridized carbons (Fsp3) is 0.148. The summed E-state index contributed by atoms with van der Waals surface area (Å²) >= 11 is 1.65. The van der Waals surface area contributed by atoms with Crippen molar-refractivity contribution in [2.75, 3.05) is 12.4 Å². The highest BCUT2D eigenvalue weighted by Gasteiger charge is 2.17. The van der Waals surface area contributed by atoms with Gasteiger partial charge in [0.15, 0.2) is 0 Å². The molecule has 2 N–H and O–H groups in total. The SMILES string of the molecule is CNC(C)C(=O)Nc1ccc(-c2c(C)nc3ccccn23)c(C#Cc2cc3ccccc3s2)n1. The Morgan fingerprint density at radius 2 is 1.88 bits per heavy atom. The van der Waals surface area contributed by atoms with Crippen molar-refractivity contribution in [1.82, 2.24) is 19.7 Å². The summed E-state index contributed by atoms with van der Waals surface area (Å²) in [7, 11) is 1.75. The van der Waals surface area contributed by atoms with Crippen LogP contribution in [0.25, 0.3) is 27.0 Å². The van der Waals surface area contributed by atoms with Crippen LogP contribution in [0.4, 0.5) is 5.82 Å². The first kappa shape index (κ1) is 21.8. The van der Waals surface area contributed by atoms with Crippen LogP contribution in [0.1, 0.15) is 23.2 Å². The molecule has 6 nitrogen and oxygen atoms in total. The van der Waals surface area contributed by atoms with Gasteiger partial charge in [-0.25, -0.2) is 9.97 Å². The molecule has 5 rings (SSSR count). The van der Waals surface area contributed by atoms with E-state index in [2.05, 4.69) is 40.7 Å². The summed E-state index contributed by atoms with van der Waals surface area (Å²) in [6.45, 7) is 3.78. The summed E-state index contributed by atoms with van der Waals surface area (Å²) in [5.41, 5.74) is 4.13. The summed E-state index contributed by atoms with van der Waals surface area (Å²) in [5.74, 6) is 6.86. The Bertz CT molecular complexity index is 1550. The lowest BCUT2D eigenvalue weighted by atomic mass is 10.1. The molecule has 0 saturated carbocycles. The van der Waals surface area contributed by atoms with E-state index in [9.17, 15) is 4.79 Å². The Morgan fingerprint density at radius 1 is 1.06 bits per heavy atom. The van der Waals surface area contributed by atoms with Crippen LogP contribution < -0.4 is 10.6 Å². The molecule has 0 aliphatic rings. The number of benzene rings is 1. The van der Waals surface area contributed by atoms with Gasteiger partial charge >= 0.3 is 0 Å². The van der Waals surface area contributed by atoms with Gasteiger partial charge in [-0.1, -0.05) is 24.3 Å². The van der Waals surface area contributed by atoms with Gasteiger partial charge in [0.1, 0.15) is 17.2 Å². The average Bonchev–Trinajstić information content (AvgIpc) is 3.42. The van der Waals surface area contributed by atoms with Crippen LogP contribution in [0.5, 0.6) is 0 Å². The number of thiophene rings is 1. The normalized spacial score (nSPS) is 11.9. The zero-order valence-electron chi connectivity index (χ0n) is 19.1. The highest BCUT2D eigenvalue weighted by atomic mass is 32.1. The zero-order chi connectivity index (χ0) is 23.7. The average molecular weight is 466 g/mol. The molecule has 7 heteroatoms. The van der Waals surface area contributed by atoms with Crippen molar-refractivity contribution in [3.8, 4) is 23.1 Å². The largest absolute Gasteiger partial charge is 0.309 e. The van der Waals surface area contributed by atoms with Crippen LogP contribution in [0.2, 0.25) is 0 Å². The van der Waals surface area contributed by atoms with Crippen molar-refractivity contribution in [2.45, 2.75) is 19.9 Å². The van der Waals surface area contributed by atoms with Crippen LogP contribution in [-0.4, -0.2) is 33.4 Å². The standard InChI is InChI=1S/C27H23N5OS/c1-17-26(32-15-7-6-10-25(32)29-17)21-12-14-24(31-27(33)18(2)28-3)30-22(21)13-11-20-16-19-8-4-5-9-23(19)34-20/h4-10,12,14-16,18,28H,1-3H3,(H,30,31,33). The van der Waals surface area contributed by atoms with Gasteiger partial charge in [-0.15, -0.1) is 11.3 Å². The second-order valence-electron chi connectivity index (χ2n) is 7.97. The van der Waals surface area contributed by atoms with Gasteiger partial charge in [0, 0.05) is 16.5 Å². The zero-order valence-corrected chi connectivity index (χ0v) is 19.9. The van der Waals surface area contributed by atoms with Crippen LogP contribution in [0, 0.1) is 18.8 Å². The van der Waals surface area contributed by atoms with Crippen molar-refractivity contribution in [3.05, 3.63) is 83.1 Å². The Labute approximate surface area is 201 Å². The van der Waals surface area contributed by atoms with Gasteiger partial charge in [0.25, 0.3) is 0 Å². The van der Waals surface area contributed by atoms with Gasteiger partial charge in [0.2, 0.25) is 5.91 Å². The first-order valence-electron chi connectivity index (χ1n) is 11.0. The first-order chi connectivity index (χ1) is 16.5. The Hall–Kier alpha value is -3.99. The van der Waals surface area contributed by atoms with E-state index < -0.39 is 0 Å². The highest BCUT2D eigenvalue weighted by Crippen LogP contribution is 2.29. The Morgan fingerprint density at radius 3 is 2.71 bits per heavy atom. The highest BCUT2D eigenvalue weighted by molar-refractivity contribution is 7.19. The lowest BCUT2D eigenvalue weighted by Gasteiger charge is -2.12. The molecule has 1 atom stereocenters. The summed E-state index contributed by atoms with van der Waals surface area (Å²) in [6, 6.07) is 19.7. The molecule has 34 heavy (non-hydrogen) atoms. The third-order valence-corrected chi connectivity index (χ3v) is 6.69. The number of pyridine rings is 2. The number of aryl methyl sites for hydroxylation is 1. The molecular weight excluding hydrogens is 442 g/mol. The number of aromatic nitrogens is 3. The molecule has 0 bridgehead atoms. The van der Waals surface area contributed by atoms with E-state index >= 15 is 0 Å². The molecule has 0 saturated heterocycles. The van der Waals surface area contributed by atoms with E-state index in [1.54, 1.807) is 25.3 Å². The van der Waals surface area contributed by atoms with Gasteiger partial charge < -0.3 is 10.6 Å². The number of hydrogen-bond donors (Lipinski definition) is 2. The maximum absolute atomic E-state index is 12.4. The minimum absolute atomic E-state index is 0.155. The predicted molar refractivity (Wildman–Crippen MR) is 138 cm³/mol. The van der Waals surface area contributed by atoms with E-state index in [-0.39, 0.29) is 11.9 Å². The maximum Gasteiger partial charge on any atom is 0.242 e. The van der Waals surface area contributed by atoms with Crippen molar-refractivity contribution < 1.29 is 4.79 Å². The monoisotopic (exact) mass is 465 g/mol. The Balaban J connectivity index is 1.63. The van der Waals surface area contributed by atoms with E-state index in [0.29, 0.717) is 11.5 Å². The number of imidazole rings is 1. The third-order valence-electron chi connectivity index (χ3n) is 5.66. The molecule has 5 aromatic rings. The van der Waals surface area contributed by atoms with Crippen molar-refractivity contribution >= 4 is 38.8 Å². The lowest BCUT2D eigenvalue weighted by molar-refractivity contribution is -0.117. The second-order valence-corrected chi connectivity index (χ2v) is 9.05. The number of rotatable bonds is 4. The van der Waals surface area contributed by atoms with Crippen molar-refractivity contribution in [2.24, 2.45) is 0 Å². The summed E-state index contributed by atoms with van der Waals surface area (Å²) in [6.07, 6.45) is 1.98. The van der Waals surface area contributed by atoms with Crippen molar-refractivity contribution in [3.63, 3.8) is 0 Å². The quantitative estimate of drug-likeness (QED) is 0.372. The molecule has 0 aliphatic carbocycles. The number of anilines is 1.